The summed E-state index contributed by atoms with van der Waals surface area (Å²) in [6.45, 7) is 8.70. The average Bonchev–Trinajstić information content (AvgIpc) is 3.44. The molecule has 0 aliphatic heterocycles. The van der Waals surface area contributed by atoms with E-state index in [9.17, 15) is 10.2 Å². The van der Waals surface area contributed by atoms with Crippen LogP contribution in [0.15, 0.2) is 23.8 Å². The Labute approximate surface area is 189 Å². The Bertz CT molecular complexity index is 544. The van der Waals surface area contributed by atoms with Gasteiger partial charge in [-0.3, -0.25) is 0 Å². The molecular weight excluding hydrogens is 396 g/mol. The number of ether oxygens (including phenoxy) is 4. The van der Waals surface area contributed by atoms with Gasteiger partial charge >= 0.3 is 0 Å². The predicted molar refractivity (Wildman–Crippen MR) is 124 cm³/mol. The Balaban J connectivity index is 2.51. The summed E-state index contributed by atoms with van der Waals surface area (Å²) in [6, 6.07) is 0. The number of hydrogen-bond acceptors (Lipinski definition) is 6. The maximum Gasteiger partial charge on any atom is 0.180 e. The minimum atomic E-state index is -0.971. The van der Waals surface area contributed by atoms with Crippen LogP contribution in [-0.2, 0) is 18.9 Å². The van der Waals surface area contributed by atoms with Gasteiger partial charge in [-0.2, -0.15) is 0 Å². The van der Waals surface area contributed by atoms with Crippen LogP contribution in [0, 0.1) is 23.7 Å². The van der Waals surface area contributed by atoms with E-state index in [0.717, 1.165) is 18.4 Å². The molecule has 8 unspecified atom stereocenters. The van der Waals surface area contributed by atoms with Crippen molar-refractivity contribution in [1.82, 2.24) is 0 Å². The molecule has 0 aromatic carbocycles. The molecule has 0 amide bonds. The van der Waals surface area contributed by atoms with Crippen LogP contribution in [-0.4, -0.2) is 69.4 Å². The summed E-state index contributed by atoms with van der Waals surface area (Å²) in [5, 5.41) is 20.5. The number of aliphatic hydroxyl groups excluding tert-OH is 2. The maximum atomic E-state index is 10.7. The van der Waals surface area contributed by atoms with E-state index in [0.29, 0.717) is 36.5 Å². The topological polar surface area (TPSA) is 77.4 Å². The van der Waals surface area contributed by atoms with Crippen molar-refractivity contribution in [3.8, 4) is 0 Å². The van der Waals surface area contributed by atoms with Crippen molar-refractivity contribution in [2.45, 2.75) is 84.1 Å². The van der Waals surface area contributed by atoms with E-state index in [1.54, 1.807) is 21.3 Å². The van der Waals surface area contributed by atoms with Crippen molar-refractivity contribution in [2.75, 3.05) is 28.4 Å². The SMILES string of the molecule is CCC(OC)C(C)C1C(C(O)C/C=C/C=C(\C)CC(CC(OC)C(O)OC)OC)[C@@H]1C. The quantitative estimate of drug-likeness (QED) is 0.278. The zero-order valence-corrected chi connectivity index (χ0v) is 20.8. The summed E-state index contributed by atoms with van der Waals surface area (Å²) in [4.78, 5) is 0. The Morgan fingerprint density at radius 2 is 1.61 bits per heavy atom. The highest BCUT2D eigenvalue weighted by Crippen LogP contribution is 2.54. The Morgan fingerprint density at radius 1 is 0.968 bits per heavy atom. The summed E-state index contributed by atoms with van der Waals surface area (Å²) in [5.74, 6) is 1.89. The molecule has 0 aromatic rings. The molecule has 0 radical (unpaired) electrons. The van der Waals surface area contributed by atoms with Gasteiger partial charge in [-0.25, -0.2) is 0 Å². The molecule has 6 heteroatoms. The summed E-state index contributed by atoms with van der Waals surface area (Å²) >= 11 is 0. The van der Waals surface area contributed by atoms with Crippen LogP contribution >= 0.6 is 0 Å². The third kappa shape index (κ3) is 8.60. The first-order valence-electron chi connectivity index (χ1n) is 11.5. The standard InChI is InChI=1S/C25H46O6/c1-9-21(29-6)17(3)23-18(4)24(23)20(26)13-11-10-12-16(2)14-19(28-5)15-22(30-7)25(27)31-8/h10-12,17-27H,9,13-15H2,1-8H3/b11-10+,16-12+/t17?,18-,19?,20?,21?,22?,23?,24?,25?/m1/s1. The summed E-state index contributed by atoms with van der Waals surface area (Å²) in [7, 11) is 6.45. The molecule has 182 valence electrons. The van der Waals surface area contributed by atoms with Crippen LogP contribution in [0.3, 0.4) is 0 Å². The van der Waals surface area contributed by atoms with Crippen LogP contribution in [0.25, 0.3) is 0 Å². The van der Waals surface area contributed by atoms with Gasteiger partial charge in [-0.05, 0) is 49.9 Å². The molecule has 1 rings (SSSR count). The molecular formula is C25H46O6. The van der Waals surface area contributed by atoms with Crippen LogP contribution in [0.5, 0.6) is 0 Å². The molecule has 0 heterocycles. The summed E-state index contributed by atoms with van der Waals surface area (Å²) in [5.41, 5.74) is 1.16. The summed E-state index contributed by atoms with van der Waals surface area (Å²) in [6.07, 6.45) is 7.51. The normalized spacial score (nSPS) is 27.7. The Morgan fingerprint density at radius 3 is 2.13 bits per heavy atom. The smallest absolute Gasteiger partial charge is 0.180 e. The van der Waals surface area contributed by atoms with Crippen molar-refractivity contribution in [3.63, 3.8) is 0 Å². The Hall–Kier alpha value is -0.760. The number of rotatable bonds is 16. The fourth-order valence-electron chi connectivity index (χ4n) is 5.00. The van der Waals surface area contributed by atoms with Gasteiger partial charge in [-0.15, -0.1) is 0 Å². The maximum absolute atomic E-state index is 10.7. The van der Waals surface area contributed by atoms with Gasteiger partial charge in [0.15, 0.2) is 6.29 Å². The van der Waals surface area contributed by atoms with Crippen LogP contribution in [0.4, 0.5) is 0 Å². The lowest BCUT2D eigenvalue weighted by molar-refractivity contribution is -0.164. The second-order valence-corrected chi connectivity index (χ2v) is 9.00. The van der Waals surface area contributed by atoms with Gasteiger partial charge in [0.2, 0.25) is 0 Å². The number of allylic oxidation sites excluding steroid dienone is 2. The fraction of sp³-hybridized carbons (Fsp3) is 0.840. The molecule has 2 N–H and O–H groups in total. The zero-order chi connectivity index (χ0) is 23.6. The van der Waals surface area contributed by atoms with Crippen LogP contribution in [0.1, 0.15) is 53.4 Å². The minimum absolute atomic E-state index is 0.0770. The van der Waals surface area contributed by atoms with E-state index in [1.807, 2.05) is 12.2 Å². The molecule has 31 heavy (non-hydrogen) atoms. The van der Waals surface area contributed by atoms with Crippen LogP contribution < -0.4 is 0 Å². The van der Waals surface area contributed by atoms with E-state index < -0.39 is 12.4 Å². The highest BCUT2D eigenvalue weighted by Gasteiger charge is 2.54. The first-order valence-corrected chi connectivity index (χ1v) is 11.5. The van der Waals surface area contributed by atoms with Crippen molar-refractivity contribution >= 4 is 0 Å². The fourth-order valence-corrected chi connectivity index (χ4v) is 5.00. The van der Waals surface area contributed by atoms with E-state index in [4.69, 9.17) is 18.9 Å². The molecule has 0 bridgehead atoms. The van der Waals surface area contributed by atoms with Crippen molar-refractivity contribution in [2.24, 2.45) is 23.7 Å². The zero-order valence-electron chi connectivity index (χ0n) is 20.8. The molecule has 1 saturated carbocycles. The van der Waals surface area contributed by atoms with Crippen molar-refractivity contribution in [1.29, 1.82) is 0 Å². The number of aliphatic hydroxyl groups is 2. The van der Waals surface area contributed by atoms with Gasteiger partial charge in [0.05, 0.1) is 18.3 Å². The molecule has 1 fully saturated rings. The highest BCUT2D eigenvalue weighted by atomic mass is 16.6. The van der Waals surface area contributed by atoms with Crippen LogP contribution in [0.2, 0.25) is 0 Å². The van der Waals surface area contributed by atoms with E-state index in [2.05, 4.69) is 33.8 Å². The summed E-state index contributed by atoms with van der Waals surface area (Å²) < 4.78 is 21.4. The molecule has 0 saturated heterocycles. The van der Waals surface area contributed by atoms with E-state index in [1.165, 1.54) is 7.11 Å². The lowest BCUT2D eigenvalue weighted by Gasteiger charge is -2.24. The Kier molecular flexibility index (Phi) is 13.1. The van der Waals surface area contributed by atoms with Crippen molar-refractivity contribution < 1.29 is 29.2 Å². The van der Waals surface area contributed by atoms with Crippen molar-refractivity contribution in [3.05, 3.63) is 23.8 Å². The first kappa shape index (κ1) is 28.3. The molecule has 0 aromatic heterocycles. The van der Waals surface area contributed by atoms with E-state index in [-0.39, 0.29) is 18.3 Å². The van der Waals surface area contributed by atoms with Gasteiger partial charge in [0.25, 0.3) is 0 Å². The lowest BCUT2D eigenvalue weighted by Crippen LogP contribution is -2.33. The number of hydrogen-bond donors (Lipinski definition) is 2. The second kappa shape index (κ2) is 14.4. The minimum Gasteiger partial charge on any atom is -0.392 e. The van der Waals surface area contributed by atoms with Gasteiger partial charge in [-0.1, -0.05) is 44.6 Å². The number of methoxy groups -OCH3 is 4. The van der Waals surface area contributed by atoms with Gasteiger partial charge < -0.3 is 29.2 Å². The third-order valence-corrected chi connectivity index (χ3v) is 7.00. The molecule has 6 nitrogen and oxygen atoms in total. The molecule has 0 spiro atoms. The second-order valence-electron chi connectivity index (χ2n) is 9.00. The molecule has 1 aliphatic carbocycles. The first-order chi connectivity index (χ1) is 14.7. The highest BCUT2D eigenvalue weighted by molar-refractivity contribution is 5.12. The largest absolute Gasteiger partial charge is 0.392 e. The van der Waals surface area contributed by atoms with E-state index >= 15 is 0 Å². The third-order valence-electron chi connectivity index (χ3n) is 7.00. The monoisotopic (exact) mass is 442 g/mol. The lowest BCUT2D eigenvalue weighted by atomic mass is 9.93. The average molecular weight is 443 g/mol. The molecule has 9 atom stereocenters. The van der Waals surface area contributed by atoms with Gasteiger partial charge in [0.1, 0.15) is 6.10 Å². The molecule has 1 aliphatic rings. The predicted octanol–water partition coefficient (Wildman–Crippen LogP) is 3.96. The van der Waals surface area contributed by atoms with Gasteiger partial charge in [0, 0.05) is 34.9 Å².